The summed E-state index contributed by atoms with van der Waals surface area (Å²) < 4.78 is 10.8. The van der Waals surface area contributed by atoms with Gasteiger partial charge >= 0.3 is 11.9 Å². The van der Waals surface area contributed by atoms with Gasteiger partial charge in [-0.2, -0.15) is 0 Å². The number of esters is 2. The fourth-order valence-electron chi connectivity index (χ4n) is 3.26. The first kappa shape index (κ1) is 17.0. The van der Waals surface area contributed by atoms with Gasteiger partial charge in [0.05, 0.1) is 0 Å². The summed E-state index contributed by atoms with van der Waals surface area (Å²) in [6, 6.07) is 0. The fraction of sp³-hybridized carbons (Fsp3) is 0.778. The average Bonchev–Trinajstić information content (AvgIpc) is 2.90. The third-order valence-corrected chi connectivity index (χ3v) is 4.53. The zero-order valence-electron chi connectivity index (χ0n) is 13.4. The lowest BCUT2D eigenvalue weighted by molar-refractivity contribution is -0.146. The molecule has 0 heterocycles. The van der Waals surface area contributed by atoms with Crippen molar-refractivity contribution in [3.8, 4) is 0 Å². The zero-order valence-corrected chi connectivity index (χ0v) is 13.4. The van der Waals surface area contributed by atoms with E-state index in [1.54, 1.807) is 0 Å². The van der Waals surface area contributed by atoms with Crippen molar-refractivity contribution in [2.24, 2.45) is 0 Å². The summed E-state index contributed by atoms with van der Waals surface area (Å²) in [5.41, 5.74) is 0. The minimum absolute atomic E-state index is 0.0116. The Kier molecular flexibility index (Phi) is 7.47. The van der Waals surface area contributed by atoms with E-state index in [1.165, 1.54) is 37.8 Å². The van der Waals surface area contributed by atoms with Crippen LogP contribution in [0.1, 0.15) is 77.0 Å². The molecule has 0 bridgehead atoms. The lowest BCUT2D eigenvalue weighted by Gasteiger charge is -2.14. The molecule has 4 heteroatoms. The third kappa shape index (κ3) is 6.63. The molecule has 0 unspecified atom stereocenters. The Hall–Kier alpha value is -1.32. The van der Waals surface area contributed by atoms with Crippen LogP contribution in [0.2, 0.25) is 0 Å². The van der Waals surface area contributed by atoms with Crippen molar-refractivity contribution in [1.29, 1.82) is 0 Å². The van der Waals surface area contributed by atoms with Crippen molar-refractivity contribution < 1.29 is 19.1 Å². The first-order chi connectivity index (χ1) is 10.7. The number of carbonyl (C=O) groups is 2. The van der Waals surface area contributed by atoms with Crippen LogP contribution in [0.15, 0.2) is 12.2 Å². The molecule has 2 aliphatic carbocycles. The summed E-state index contributed by atoms with van der Waals surface area (Å²) in [5, 5.41) is 0. The third-order valence-electron chi connectivity index (χ3n) is 4.53. The highest BCUT2D eigenvalue weighted by Crippen LogP contribution is 2.21. The summed E-state index contributed by atoms with van der Waals surface area (Å²) in [7, 11) is 0. The summed E-state index contributed by atoms with van der Waals surface area (Å²) in [6.45, 7) is 0. The van der Waals surface area contributed by atoms with Crippen molar-refractivity contribution in [2.75, 3.05) is 0 Å². The SMILES string of the molecule is O=C(/C=C\C(=O)OC1CCCCCC1)OC1CCCCCC1. The standard InChI is InChI=1S/C18H28O4/c19-17(21-15-9-5-1-2-6-10-15)13-14-18(20)22-16-11-7-3-4-8-12-16/h13-16H,1-12H2/b14-13-. The van der Waals surface area contributed by atoms with Crippen LogP contribution >= 0.6 is 0 Å². The highest BCUT2D eigenvalue weighted by molar-refractivity contribution is 5.91. The molecule has 124 valence electrons. The van der Waals surface area contributed by atoms with Crippen LogP contribution < -0.4 is 0 Å². The monoisotopic (exact) mass is 308 g/mol. The van der Waals surface area contributed by atoms with Crippen molar-refractivity contribution in [3.05, 3.63) is 12.2 Å². The lowest BCUT2D eigenvalue weighted by atomic mass is 10.1. The molecule has 0 aromatic heterocycles. The fourth-order valence-corrected chi connectivity index (χ4v) is 3.26. The van der Waals surface area contributed by atoms with Gasteiger partial charge in [0.15, 0.2) is 0 Å². The van der Waals surface area contributed by atoms with E-state index in [0.717, 1.165) is 51.4 Å². The van der Waals surface area contributed by atoms with E-state index < -0.39 is 11.9 Å². The van der Waals surface area contributed by atoms with Crippen LogP contribution in [0.5, 0.6) is 0 Å². The van der Waals surface area contributed by atoms with Gasteiger partial charge < -0.3 is 9.47 Å². The van der Waals surface area contributed by atoms with E-state index in [1.807, 2.05) is 0 Å². The van der Waals surface area contributed by atoms with E-state index >= 15 is 0 Å². The van der Waals surface area contributed by atoms with Crippen LogP contribution in [0.25, 0.3) is 0 Å². The molecule has 2 fully saturated rings. The number of ether oxygens (including phenoxy) is 2. The molecular weight excluding hydrogens is 280 g/mol. The number of rotatable bonds is 4. The smallest absolute Gasteiger partial charge is 0.331 e. The minimum atomic E-state index is -0.426. The Balaban J connectivity index is 1.70. The molecule has 0 amide bonds. The Morgan fingerprint density at radius 1 is 0.591 bits per heavy atom. The Bertz CT molecular complexity index is 337. The Morgan fingerprint density at radius 3 is 1.23 bits per heavy atom. The van der Waals surface area contributed by atoms with Crippen LogP contribution in [0.3, 0.4) is 0 Å². The molecule has 0 aromatic carbocycles. The van der Waals surface area contributed by atoms with Crippen LogP contribution in [-0.4, -0.2) is 24.1 Å². The first-order valence-corrected chi connectivity index (χ1v) is 8.83. The second kappa shape index (κ2) is 9.65. The molecule has 4 nitrogen and oxygen atoms in total. The predicted molar refractivity (Wildman–Crippen MR) is 84.3 cm³/mol. The molecule has 0 spiro atoms. The second-order valence-electron chi connectivity index (χ2n) is 6.43. The van der Waals surface area contributed by atoms with Crippen molar-refractivity contribution in [3.63, 3.8) is 0 Å². The number of hydrogen-bond acceptors (Lipinski definition) is 4. The van der Waals surface area contributed by atoms with E-state index in [4.69, 9.17) is 9.47 Å². The van der Waals surface area contributed by atoms with Crippen molar-refractivity contribution in [2.45, 2.75) is 89.3 Å². The quantitative estimate of drug-likeness (QED) is 0.446. The predicted octanol–water partition coefficient (Wildman–Crippen LogP) is 4.07. The van der Waals surface area contributed by atoms with Crippen molar-refractivity contribution in [1.82, 2.24) is 0 Å². The molecule has 2 saturated carbocycles. The van der Waals surface area contributed by atoms with E-state index in [-0.39, 0.29) is 12.2 Å². The Morgan fingerprint density at radius 2 is 0.909 bits per heavy atom. The van der Waals surface area contributed by atoms with E-state index in [0.29, 0.717) is 0 Å². The van der Waals surface area contributed by atoms with Gasteiger partial charge in [-0.3, -0.25) is 0 Å². The van der Waals surface area contributed by atoms with Gasteiger partial charge in [-0.1, -0.05) is 25.7 Å². The second-order valence-corrected chi connectivity index (χ2v) is 6.43. The highest BCUT2D eigenvalue weighted by atomic mass is 16.5. The normalized spacial score (nSPS) is 22.0. The topological polar surface area (TPSA) is 52.6 Å². The highest BCUT2D eigenvalue weighted by Gasteiger charge is 2.17. The summed E-state index contributed by atoms with van der Waals surface area (Å²) in [6.07, 6.45) is 15.5. The molecule has 0 radical (unpaired) electrons. The van der Waals surface area contributed by atoms with Crippen LogP contribution in [0.4, 0.5) is 0 Å². The minimum Gasteiger partial charge on any atom is -0.459 e. The van der Waals surface area contributed by atoms with Gasteiger partial charge in [-0.25, -0.2) is 9.59 Å². The van der Waals surface area contributed by atoms with Gasteiger partial charge in [0.25, 0.3) is 0 Å². The molecule has 22 heavy (non-hydrogen) atoms. The zero-order chi connectivity index (χ0) is 15.6. The molecule has 0 N–H and O–H groups in total. The summed E-state index contributed by atoms with van der Waals surface area (Å²) in [4.78, 5) is 23.5. The summed E-state index contributed by atoms with van der Waals surface area (Å²) in [5.74, 6) is -0.852. The van der Waals surface area contributed by atoms with Gasteiger partial charge in [-0.15, -0.1) is 0 Å². The molecular formula is C18H28O4. The molecule has 2 aliphatic rings. The van der Waals surface area contributed by atoms with Gasteiger partial charge in [0.2, 0.25) is 0 Å². The molecule has 0 aliphatic heterocycles. The average molecular weight is 308 g/mol. The maximum atomic E-state index is 11.8. The van der Waals surface area contributed by atoms with E-state index in [9.17, 15) is 9.59 Å². The maximum Gasteiger partial charge on any atom is 0.331 e. The number of hydrogen-bond donors (Lipinski definition) is 0. The van der Waals surface area contributed by atoms with Crippen LogP contribution in [-0.2, 0) is 19.1 Å². The first-order valence-electron chi connectivity index (χ1n) is 8.83. The van der Waals surface area contributed by atoms with E-state index in [2.05, 4.69) is 0 Å². The molecule has 0 aromatic rings. The largest absolute Gasteiger partial charge is 0.459 e. The van der Waals surface area contributed by atoms with Gasteiger partial charge in [-0.05, 0) is 51.4 Å². The maximum absolute atomic E-state index is 11.8. The Labute approximate surface area is 133 Å². The van der Waals surface area contributed by atoms with Crippen molar-refractivity contribution >= 4 is 11.9 Å². The number of carbonyl (C=O) groups excluding carboxylic acids is 2. The lowest BCUT2D eigenvalue weighted by Crippen LogP contribution is -2.18. The van der Waals surface area contributed by atoms with Gasteiger partial charge in [0.1, 0.15) is 12.2 Å². The molecule has 2 rings (SSSR count). The van der Waals surface area contributed by atoms with Gasteiger partial charge in [0, 0.05) is 12.2 Å². The van der Waals surface area contributed by atoms with Crippen LogP contribution in [0, 0.1) is 0 Å². The molecule has 0 saturated heterocycles. The molecule has 0 atom stereocenters. The summed E-state index contributed by atoms with van der Waals surface area (Å²) >= 11 is 0.